The standard InChI is InChI=1S/C5H13NO3S2/c1-6-2-4-11(7,8)5-3-9-10/h6,10H,2-5H2,1H3. The summed E-state index contributed by atoms with van der Waals surface area (Å²) in [5.74, 6) is 0.193. The van der Waals surface area contributed by atoms with Gasteiger partial charge in [0.25, 0.3) is 0 Å². The first-order chi connectivity index (χ1) is 5.12. The lowest BCUT2D eigenvalue weighted by atomic mass is 10.8. The molecule has 0 atom stereocenters. The van der Waals surface area contributed by atoms with Gasteiger partial charge in [0, 0.05) is 6.54 Å². The van der Waals surface area contributed by atoms with Crippen molar-refractivity contribution in [2.45, 2.75) is 0 Å². The highest BCUT2D eigenvalue weighted by atomic mass is 32.2. The summed E-state index contributed by atoms with van der Waals surface area (Å²) in [6, 6.07) is 0. The van der Waals surface area contributed by atoms with Crippen LogP contribution in [-0.2, 0) is 14.0 Å². The lowest BCUT2D eigenvalue weighted by molar-refractivity contribution is 0.409. The van der Waals surface area contributed by atoms with Gasteiger partial charge in [-0.2, -0.15) is 0 Å². The first-order valence-corrected chi connectivity index (χ1v) is 5.42. The highest BCUT2D eigenvalue weighted by Crippen LogP contribution is 1.90. The fourth-order valence-corrected chi connectivity index (χ4v) is 1.80. The molecule has 0 heterocycles. The first kappa shape index (κ1) is 11.2. The summed E-state index contributed by atoms with van der Waals surface area (Å²) in [5, 5.41) is 2.76. The van der Waals surface area contributed by atoms with Crippen molar-refractivity contribution in [1.29, 1.82) is 0 Å². The molecule has 68 valence electrons. The Bertz CT molecular complexity index is 164. The van der Waals surface area contributed by atoms with Gasteiger partial charge in [0.05, 0.1) is 18.1 Å². The van der Waals surface area contributed by atoms with Crippen molar-refractivity contribution in [3.63, 3.8) is 0 Å². The van der Waals surface area contributed by atoms with Crippen LogP contribution in [0.3, 0.4) is 0 Å². The Morgan fingerprint density at radius 3 is 2.55 bits per heavy atom. The maximum absolute atomic E-state index is 11.0. The Morgan fingerprint density at radius 1 is 1.45 bits per heavy atom. The zero-order chi connectivity index (χ0) is 8.74. The minimum absolute atomic E-state index is 0.0399. The molecule has 0 bridgehead atoms. The molecule has 0 unspecified atom stereocenters. The fraction of sp³-hybridized carbons (Fsp3) is 1.00. The van der Waals surface area contributed by atoms with Crippen LogP contribution < -0.4 is 5.32 Å². The third-order valence-corrected chi connectivity index (χ3v) is 2.95. The molecule has 4 nitrogen and oxygen atoms in total. The average molecular weight is 199 g/mol. The molecule has 0 saturated heterocycles. The summed E-state index contributed by atoms with van der Waals surface area (Å²) in [6.07, 6.45) is 0. The third kappa shape index (κ3) is 6.61. The smallest absolute Gasteiger partial charge is 0.153 e. The van der Waals surface area contributed by atoms with Gasteiger partial charge in [0.1, 0.15) is 0 Å². The molecule has 11 heavy (non-hydrogen) atoms. The Kier molecular flexibility index (Phi) is 5.93. The van der Waals surface area contributed by atoms with Gasteiger partial charge in [-0.25, -0.2) is 8.42 Å². The topological polar surface area (TPSA) is 55.4 Å². The minimum atomic E-state index is -2.94. The fourth-order valence-electron chi connectivity index (χ4n) is 0.524. The van der Waals surface area contributed by atoms with Gasteiger partial charge in [-0.15, -0.1) is 0 Å². The Morgan fingerprint density at radius 2 is 2.09 bits per heavy atom. The molecule has 0 radical (unpaired) electrons. The summed E-state index contributed by atoms with van der Waals surface area (Å²) in [5.41, 5.74) is 0. The quantitative estimate of drug-likeness (QED) is 0.446. The molecule has 0 aromatic heterocycles. The van der Waals surface area contributed by atoms with E-state index in [2.05, 4.69) is 22.4 Å². The lowest BCUT2D eigenvalue weighted by Crippen LogP contribution is -2.22. The SMILES string of the molecule is CNCCS(=O)(=O)CCOS. The van der Waals surface area contributed by atoms with Crippen LogP contribution in [0, 0.1) is 0 Å². The number of thiol groups is 1. The van der Waals surface area contributed by atoms with Gasteiger partial charge in [-0.3, -0.25) is 0 Å². The number of sulfone groups is 1. The average Bonchev–Trinajstić information content (AvgIpc) is 1.97. The van der Waals surface area contributed by atoms with Crippen molar-refractivity contribution in [3.8, 4) is 0 Å². The second-order valence-electron chi connectivity index (χ2n) is 2.09. The number of nitrogens with one attached hydrogen (secondary N) is 1. The zero-order valence-electron chi connectivity index (χ0n) is 6.41. The van der Waals surface area contributed by atoms with Crippen molar-refractivity contribution < 1.29 is 12.6 Å². The largest absolute Gasteiger partial charge is 0.319 e. The zero-order valence-corrected chi connectivity index (χ0v) is 8.12. The molecule has 0 aromatic carbocycles. The molecule has 0 spiro atoms. The van der Waals surface area contributed by atoms with E-state index in [9.17, 15) is 8.42 Å². The molecular weight excluding hydrogens is 186 g/mol. The van der Waals surface area contributed by atoms with Crippen molar-refractivity contribution in [1.82, 2.24) is 5.32 Å². The molecule has 6 heteroatoms. The van der Waals surface area contributed by atoms with E-state index >= 15 is 0 Å². The summed E-state index contributed by atoms with van der Waals surface area (Å²) >= 11 is 3.44. The van der Waals surface area contributed by atoms with E-state index in [4.69, 9.17) is 0 Å². The summed E-state index contributed by atoms with van der Waals surface area (Å²) in [7, 11) is -1.23. The summed E-state index contributed by atoms with van der Waals surface area (Å²) in [6.45, 7) is 0.629. The van der Waals surface area contributed by atoms with Crippen LogP contribution in [0.15, 0.2) is 0 Å². The predicted molar refractivity (Wildman–Crippen MR) is 47.5 cm³/mol. The highest BCUT2D eigenvalue weighted by Gasteiger charge is 2.08. The van der Waals surface area contributed by atoms with E-state index in [1.54, 1.807) is 7.05 Å². The van der Waals surface area contributed by atoms with Crippen LogP contribution in [0.2, 0.25) is 0 Å². The molecule has 0 aliphatic carbocycles. The van der Waals surface area contributed by atoms with E-state index in [-0.39, 0.29) is 18.1 Å². The van der Waals surface area contributed by atoms with Gasteiger partial charge >= 0.3 is 0 Å². The van der Waals surface area contributed by atoms with Gasteiger partial charge in [0.2, 0.25) is 0 Å². The van der Waals surface area contributed by atoms with Crippen molar-refractivity contribution >= 4 is 22.7 Å². The van der Waals surface area contributed by atoms with Crippen molar-refractivity contribution in [2.24, 2.45) is 0 Å². The molecule has 0 aliphatic rings. The highest BCUT2D eigenvalue weighted by molar-refractivity contribution is 7.91. The molecular formula is C5H13NO3S2. The molecule has 0 amide bonds. The Labute approximate surface area is 72.9 Å². The normalized spacial score (nSPS) is 11.8. The van der Waals surface area contributed by atoms with E-state index < -0.39 is 9.84 Å². The summed E-state index contributed by atoms with van der Waals surface area (Å²) < 4.78 is 26.3. The van der Waals surface area contributed by atoms with E-state index in [1.807, 2.05) is 0 Å². The van der Waals surface area contributed by atoms with Gasteiger partial charge in [-0.1, -0.05) is 0 Å². The molecule has 0 aromatic rings. The van der Waals surface area contributed by atoms with Crippen molar-refractivity contribution in [3.05, 3.63) is 0 Å². The minimum Gasteiger partial charge on any atom is -0.319 e. The molecule has 0 rings (SSSR count). The Balaban J connectivity index is 3.63. The van der Waals surface area contributed by atoms with E-state index in [0.29, 0.717) is 6.54 Å². The van der Waals surface area contributed by atoms with Crippen LogP contribution in [0.5, 0.6) is 0 Å². The maximum Gasteiger partial charge on any atom is 0.153 e. The third-order valence-electron chi connectivity index (χ3n) is 1.15. The lowest BCUT2D eigenvalue weighted by Gasteiger charge is -2.01. The van der Waals surface area contributed by atoms with E-state index in [1.165, 1.54) is 0 Å². The first-order valence-electron chi connectivity index (χ1n) is 3.24. The maximum atomic E-state index is 11.0. The van der Waals surface area contributed by atoms with Crippen LogP contribution >= 0.6 is 12.9 Å². The van der Waals surface area contributed by atoms with Crippen LogP contribution in [-0.4, -0.2) is 40.1 Å². The molecule has 0 fully saturated rings. The van der Waals surface area contributed by atoms with Crippen molar-refractivity contribution in [2.75, 3.05) is 31.7 Å². The number of rotatable bonds is 6. The molecule has 0 saturated carbocycles. The van der Waals surface area contributed by atoms with Crippen LogP contribution in [0.25, 0.3) is 0 Å². The van der Waals surface area contributed by atoms with Crippen LogP contribution in [0.4, 0.5) is 0 Å². The van der Waals surface area contributed by atoms with Gasteiger partial charge in [-0.05, 0) is 20.0 Å². The Hall–Kier alpha value is 0.220. The van der Waals surface area contributed by atoms with E-state index in [0.717, 1.165) is 0 Å². The summed E-state index contributed by atoms with van der Waals surface area (Å²) in [4.78, 5) is 0. The number of hydrogen-bond donors (Lipinski definition) is 2. The van der Waals surface area contributed by atoms with Crippen LogP contribution in [0.1, 0.15) is 0 Å². The molecule has 1 N–H and O–H groups in total. The second-order valence-corrected chi connectivity index (χ2v) is 4.65. The predicted octanol–water partition coefficient (Wildman–Crippen LogP) is -0.518. The second kappa shape index (κ2) is 5.82. The monoisotopic (exact) mass is 199 g/mol. The number of hydrogen-bond acceptors (Lipinski definition) is 5. The molecule has 0 aliphatic heterocycles. The van der Waals surface area contributed by atoms with Gasteiger partial charge in [0.15, 0.2) is 9.84 Å². The van der Waals surface area contributed by atoms with Gasteiger partial charge < -0.3 is 9.50 Å².